The van der Waals surface area contributed by atoms with Crippen LogP contribution in [-0.2, 0) is 6.18 Å². The molecule has 2 rings (SSSR count). The van der Waals surface area contributed by atoms with E-state index in [1.54, 1.807) is 0 Å². The molecule has 1 N–H and O–H groups in total. The molecular weight excluding hydrogens is 302 g/mol. The Labute approximate surface area is 115 Å². The Morgan fingerprint density at radius 3 is 2.37 bits per heavy atom. The fourth-order valence-corrected chi connectivity index (χ4v) is 2.09. The van der Waals surface area contributed by atoms with Crippen LogP contribution in [0.5, 0.6) is 0 Å². The summed E-state index contributed by atoms with van der Waals surface area (Å²) in [4.78, 5) is 13.2. The normalized spacial score (nSPS) is 11.6. The highest BCUT2D eigenvalue weighted by molar-refractivity contribution is 6.36. The van der Waals surface area contributed by atoms with Crippen LogP contribution in [0.15, 0.2) is 35.3 Å². The predicted molar refractivity (Wildman–Crippen MR) is 67.5 cm³/mol. The summed E-state index contributed by atoms with van der Waals surface area (Å²) in [5.74, 6) is 0. The Morgan fingerprint density at radius 1 is 1.11 bits per heavy atom. The molecule has 0 aliphatic carbocycles. The molecule has 0 fully saturated rings. The lowest BCUT2D eigenvalue weighted by molar-refractivity contribution is -0.138. The molecule has 1 aromatic carbocycles. The third-order valence-electron chi connectivity index (χ3n) is 2.45. The molecule has 0 bridgehead atoms. The van der Waals surface area contributed by atoms with Crippen molar-refractivity contribution in [2.45, 2.75) is 6.18 Å². The summed E-state index contributed by atoms with van der Waals surface area (Å²) in [6.07, 6.45) is -3.55. The second-order valence-corrected chi connectivity index (χ2v) is 4.60. The van der Waals surface area contributed by atoms with Crippen LogP contribution in [0.1, 0.15) is 5.56 Å². The fourth-order valence-electron chi connectivity index (χ4n) is 1.57. The average Bonchev–Trinajstić information content (AvgIpc) is 2.29. The highest BCUT2D eigenvalue weighted by atomic mass is 35.5. The van der Waals surface area contributed by atoms with Gasteiger partial charge in [0, 0.05) is 27.4 Å². The van der Waals surface area contributed by atoms with E-state index in [1.807, 2.05) is 4.98 Å². The van der Waals surface area contributed by atoms with Crippen LogP contribution in [0, 0.1) is 0 Å². The number of nitrogens with one attached hydrogen (secondary N) is 1. The molecule has 0 aliphatic rings. The Kier molecular flexibility index (Phi) is 3.60. The van der Waals surface area contributed by atoms with Crippen molar-refractivity contribution in [1.82, 2.24) is 4.98 Å². The molecule has 0 atom stereocenters. The number of hydrogen-bond donors (Lipinski definition) is 1. The van der Waals surface area contributed by atoms with Gasteiger partial charge in [-0.05, 0) is 18.2 Å². The monoisotopic (exact) mass is 307 g/mol. The Balaban J connectivity index is 2.61. The molecule has 7 heteroatoms. The zero-order valence-electron chi connectivity index (χ0n) is 9.18. The average molecular weight is 308 g/mol. The number of benzene rings is 1. The van der Waals surface area contributed by atoms with Crippen LogP contribution in [-0.4, -0.2) is 4.98 Å². The van der Waals surface area contributed by atoms with E-state index < -0.39 is 17.3 Å². The van der Waals surface area contributed by atoms with Crippen LogP contribution in [0.4, 0.5) is 13.2 Å². The smallest absolute Gasteiger partial charge is 0.328 e. The first-order valence-electron chi connectivity index (χ1n) is 5.04. The van der Waals surface area contributed by atoms with Gasteiger partial charge >= 0.3 is 6.18 Å². The molecule has 0 amide bonds. The summed E-state index contributed by atoms with van der Waals surface area (Å²) in [7, 11) is 0. The minimum absolute atomic E-state index is 0.161. The van der Waals surface area contributed by atoms with Crippen molar-refractivity contribution in [3.63, 3.8) is 0 Å². The number of H-pyrrole nitrogens is 1. The third kappa shape index (κ3) is 2.93. The van der Waals surface area contributed by atoms with Gasteiger partial charge in [-0.2, -0.15) is 13.2 Å². The van der Waals surface area contributed by atoms with Gasteiger partial charge in [0.25, 0.3) is 5.56 Å². The summed E-state index contributed by atoms with van der Waals surface area (Å²) < 4.78 is 37.9. The van der Waals surface area contributed by atoms with Crippen LogP contribution in [0.2, 0.25) is 10.0 Å². The Morgan fingerprint density at radius 2 is 1.79 bits per heavy atom. The van der Waals surface area contributed by atoms with Crippen LogP contribution in [0.25, 0.3) is 11.1 Å². The van der Waals surface area contributed by atoms with Gasteiger partial charge in [-0.3, -0.25) is 4.79 Å². The molecule has 2 nitrogen and oxygen atoms in total. The summed E-state index contributed by atoms with van der Waals surface area (Å²) in [6.45, 7) is 0. The van der Waals surface area contributed by atoms with E-state index in [0.717, 1.165) is 6.07 Å². The first-order valence-corrected chi connectivity index (χ1v) is 5.80. The second-order valence-electron chi connectivity index (χ2n) is 3.75. The molecule has 19 heavy (non-hydrogen) atoms. The minimum Gasteiger partial charge on any atom is -0.328 e. The number of halogens is 5. The van der Waals surface area contributed by atoms with Gasteiger partial charge in [0.15, 0.2) is 0 Å². The standard InChI is InChI=1S/C12H6Cl2F3NO/c13-7-1-2-8(10(14)4-7)6-3-9(12(15,16)17)11(19)18-5-6/h1-5H,(H,18,19). The van der Waals surface area contributed by atoms with Crippen molar-refractivity contribution < 1.29 is 13.2 Å². The first-order chi connectivity index (χ1) is 8.79. The maximum Gasteiger partial charge on any atom is 0.421 e. The van der Waals surface area contributed by atoms with E-state index in [2.05, 4.69) is 0 Å². The lowest BCUT2D eigenvalue weighted by Crippen LogP contribution is -2.20. The van der Waals surface area contributed by atoms with E-state index in [0.29, 0.717) is 10.6 Å². The van der Waals surface area contributed by atoms with Crippen LogP contribution >= 0.6 is 23.2 Å². The zero-order chi connectivity index (χ0) is 14.2. The van der Waals surface area contributed by atoms with Gasteiger partial charge < -0.3 is 4.98 Å². The van der Waals surface area contributed by atoms with Gasteiger partial charge in [-0.15, -0.1) is 0 Å². The molecule has 0 unspecified atom stereocenters. The van der Waals surface area contributed by atoms with Gasteiger partial charge in [0.05, 0.1) is 0 Å². The molecule has 0 saturated carbocycles. The van der Waals surface area contributed by atoms with Crippen molar-refractivity contribution in [1.29, 1.82) is 0 Å². The van der Waals surface area contributed by atoms with Crippen molar-refractivity contribution in [3.05, 3.63) is 56.4 Å². The quantitative estimate of drug-likeness (QED) is 0.834. The van der Waals surface area contributed by atoms with Gasteiger partial charge in [-0.25, -0.2) is 0 Å². The molecule has 0 aliphatic heterocycles. The summed E-state index contributed by atoms with van der Waals surface area (Å²) in [5, 5.41) is 0.571. The third-order valence-corrected chi connectivity index (χ3v) is 3.00. The highest BCUT2D eigenvalue weighted by Gasteiger charge is 2.34. The number of hydrogen-bond acceptors (Lipinski definition) is 1. The SMILES string of the molecule is O=c1[nH]cc(-c2ccc(Cl)cc2Cl)cc1C(F)(F)F. The molecule has 1 heterocycles. The number of aromatic nitrogens is 1. The molecular formula is C12H6Cl2F3NO. The second kappa shape index (κ2) is 4.90. The first kappa shape index (κ1) is 14.0. The lowest BCUT2D eigenvalue weighted by Gasteiger charge is -2.09. The summed E-state index contributed by atoms with van der Waals surface area (Å²) in [5.41, 5.74) is -1.95. The van der Waals surface area contributed by atoms with E-state index >= 15 is 0 Å². The zero-order valence-corrected chi connectivity index (χ0v) is 10.7. The Hall–Kier alpha value is -1.46. The number of rotatable bonds is 1. The number of pyridine rings is 1. The number of aromatic amines is 1. The molecule has 0 radical (unpaired) electrons. The van der Waals surface area contributed by atoms with E-state index in [1.165, 1.54) is 24.4 Å². The van der Waals surface area contributed by atoms with Crippen LogP contribution in [0.3, 0.4) is 0 Å². The summed E-state index contributed by atoms with van der Waals surface area (Å²) in [6, 6.07) is 5.16. The van der Waals surface area contributed by atoms with E-state index in [4.69, 9.17) is 23.2 Å². The van der Waals surface area contributed by atoms with Crippen molar-refractivity contribution in [2.75, 3.05) is 0 Å². The predicted octanol–water partition coefficient (Wildman–Crippen LogP) is 4.37. The highest BCUT2D eigenvalue weighted by Crippen LogP contribution is 2.33. The lowest BCUT2D eigenvalue weighted by atomic mass is 10.1. The van der Waals surface area contributed by atoms with Gasteiger partial charge in [0.2, 0.25) is 0 Å². The molecule has 1 aromatic heterocycles. The largest absolute Gasteiger partial charge is 0.421 e. The van der Waals surface area contributed by atoms with Crippen LogP contribution < -0.4 is 5.56 Å². The fraction of sp³-hybridized carbons (Fsp3) is 0.0833. The van der Waals surface area contributed by atoms with Gasteiger partial charge in [0.1, 0.15) is 5.56 Å². The van der Waals surface area contributed by atoms with Crippen molar-refractivity contribution in [2.24, 2.45) is 0 Å². The van der Waals surface area contributed by atoms with Crippen molar-refractivity contribution in [3.8, 4) is 11.1 Å². The maximum absolute atomic E-state index is 12.6. The number of alkyl halides is 3. The topological polar surface area (TPSA) is 32.9 Å². The molecule has 0 spiro atoms. The molecule has 100 valence electrons. The van der Waals surface area contributed by atoms with E-state index in [-0.39, 0.29) is 10.6 Å². The van der Waals surface area contributed by atoms with Gasteiger partial charge in [-0.1, -0.05) is 29.3 Å². The Bertz CT molecular complexity index is 679. The van der Waals surface area contributed by atoms with E-state index in [9.17, 15) is 18.0 Å². The maximum atomic E-state index is 12.6. The summed E-state index contributed by atoms with van der Waals surface area (Å²) >= 11 is 11.6. The van der Waals surface area contributed by atoms with Crippen molar-refractivity contribution >= 4 is 23.2 Å². The molecule has 2 aromatic rings. The molecule has 0 saturated heterocycles. The minimum atomic E-state index is -4.72.